The van der Waals surface area contributed by atoms with Crippen LogP contribution in [0.2, 0.25) is 0 Å². The molecule has 1 atom stereocenters. The Hall–Kier alpha value is -0.180. The maximum Gasteiger partial charge on any atom is 0.242 e. The van der Waals surface area contributed by atoms with Crippen LogP contribution in [0, 0.1) is 9.49 Å². The number of hydrogen-bond acceptors (Lipinski definition) is 3. The Labute approximate surface area is 128 Å². The van der Waals surface area contributed by atoms with Gasteiger partial charge in [-0.25, -0.2) is 12.7 Å². The van der Waals surface area contributed by atoms with Crippen LogP contribution in [0.1, 0.15) is 12.8 Å². The lowest BCUT2D eigenvalue weighted by molar-refractivity contribution is 0.315. The monoisotopic (exact) mass is 394 g/mol. The highest BCUT2D eigenvalue weighted by Gasteiger charge is 2.24. The number of sulfonamides is 1. The predicted molar refractivity (Wildman–Crippen MR) is 84.6 cm³/mol. The van der Waals surface area contributed by atoms with Gasteiger partial charge in [-0.05, 0) is 78.7 Å². The van der Waals surface area contributed by atoms with Gasteiger partial charge >= 0.3 is 0 Å². The van der Waals surface area contributed by atoms with Crippen molar-refractivity contribution in [3.05, 3.63) is 27.8 Å². The molecule has 106 valence electrons. The molecule has 1 fully saturated rings. The van der Waals surface area contributed by atoms with Gasteiger partial charge in [0.2, 0.25) is 10.0 Å². The summed E-state index contributed by atoms with van der Waals surface area (Å²) in [6, 6.07) is 6.99. The van der Waals surface area contributed by atoms with Crippen molar-refractivity contribution in [2.45, 2.75) is 17.7 Å². The van der Waals surface area contributed by atoms with Crippen LogP contribution >= 0.6 is 22.6 Å². The van der Waals surface area contributed by atoms with Crippen LogP contribution in [-0.2, 0) is 10.0 Å². The number of rotatable bonds is 4. The molecule has 1 saturated heterocycles. The van der Waals surface area contributed by atoms with Gasteiger partial charge < -0.3 is 5.32 Å². The fourth-order valence-electron chi connectivity index (χ4n) is 2.33. The molecule has 1 aliphatic rings. The minimum Gasteiger partial charge on any atom is -0.316 e. The summed E-state index contributed by atoms with van der Waals surface area (Å²) in [5.41, 5.74) is 0. The minimum atomic E-state index is -3.35. The number of nitrogens with one attached hydrogen (secondary N) is 1. The van der Waals surface area contributed by atoms with Crippen LogP contribution in [0.4, 0.5) is 0 Å². The Morgan fingerprint density at radius 3 is 2.63 bits per heavy atom. The van der Waals surface area contributed by atoms with Crippen molar-refractivity contribution in [2.24, 2.45) is 5.92 Å². The summed E-state index contributed by atoms with van der Waals surface area (Å²) < 4.78 is 27.4. The molecule has 0 amide bonds. The van der Waals surface area contributed by atoms with E-state index in [2.05, 4.69) is 27.9 Å². The van der Waals surface area contributed by atoms with Gasteiger partial charge in [0, 0.05) is 17.2 Å². The van der Waals surface area contributed by atoms with Crippen molar-refractivity contribution in [1.29, 1.82) is 0 Å². The summed E-state index contributed by atoms with van der Waals surface area (Å²) >= 11 is 2.17. The van der Waals surface area contributed by atoms with E-state index in [1.807, 2.05) is 12.1 Å². The van der Waals surface area contributed by atoms with E-state index in [9.17, 15) is 8.42 Å². The van der Waals surface area contributed by atoms with Crippen molar-refractivity contribution in [3.8, 4) is 0 Å². The molecule has 1 N–H and O–H groups in total. The van der Waals surface area contributed by atoms with Crippen LogP contribution in [0.15, 0.2) is 29.2 Å². The van der Waals surface area contributed by atoms with E-state index in [1.165, 1.54) is 4.31 Å². The number of piperidine rings is 1. The highest BCUT2D eigenvalue weighted by molar-refractivity contribution is 14.1. The van der Waals surface area contributed by atoms with Crippen LogP contribution in [0.3, 0.4) is 0 Å². The summed E-state index contributed by atoms with van der Waals surface area (Å²) in [6.45, 7) is 2.54. The van der Waals surface area contributed by atoms with Gasteiger partial charge in [-0.15, -0.1) is 0 Å². The van der Waals surface area contributed by atoms with Crippen molar-refractivity contribution in [2.75, 3.05) is 26.7 Å². The predicted octanol–water partition coefficient (Wildman–Crippen LogP) is 1.91. The first-order valence-electron chi connectivity index (χ1n) is 6.43. The molecule has 0 bridgehead atoms. The molecule has 0 radical (unpaired) electrons. The number of halogens is 1. The third-order valence-electron chi connectivity index (χ3n) is 3.44. The third-order valence-corrected chi connectivity index (χ3v) is 5.99. The topological polar surface area (TPSA) is 49.4 Å². The van der Waals surface area contributed by atoms with Crippen LogP contribution in [0.5, 0.6) is 0 Å². The van der Waals surface area contributed by atoms with E-state index in [-0.39, 0.29) is 0 Å². The Kier molecular flexibility index (Phi) is 5.22. The smallest absolute Gasteiger partial charge is 0.242 e. The second-order valence-electron chi connectivity index (χ2n) is 4.95. The molecule has 6 heteroatoms. The molecule has 1 aromatic rings. The second-order valence-corrected chi connectivity index (χ2v) is 8.24. The summed E-state index contributed by atoms with van der Waals surface area (Å²) in [4.78, 5) is 0.374. The van der Waals surface area contributed by atoms with Crippen LogP contribution in [-0.4, -0.2) is 39.4 Å². The van der Waals surface area contributed by atoms with E-state index in [0.717, 1.165) is 29.5 Å². The standard InChI is InChI=1S/C13H19IN2O2S/c1-16(10-11-3-2-8-15-9-11)19(17,18)13-6-4-12(14)5-7-13/h4-7,11,15H,2-3,8-10H2,1H3. The number of benzene rings is 1. The Balaban J connectivity index is 2.07. The van der Waals surface area contributed by atoms with E-state index in [1.54, 1.807) is 19.2 Å². The fourth-order valence-corrected chi connectivity index (χ4v) is 3.93. The van der Waals surface area contributed by atoms with Gasteiger partial charge in [0.05, 0.1) is 4.90 Å². The summed E-state index contributed by atoms with van der Waals surface area (Å²) in [7, 11) is -1.68. The maximum absolute atomic E-state index is 12.4. The highest BCUT2D eigenvalue weighted by atomic mass is 127. The van der Waals surface area contributed by atoms with Crippen molar-refractivity contribution >= 4 is 32.6 Å². The first-order chi connectivity index (χ1) is 9.00. The molecular formula is C13H19IN2O2S. The molecule has 4 nitrogen and oxygen atoms in total. The van der Waals surface area contributed by atoms with Gasteiger partial charge in [-0.2, -0.15) is 0 Å². The fraction of sp³-hybridized carbons (Fsp3) is 0.538. The molecule has 1 heterocycles. The van der Waals surface area contributed by atoms with E-state index in [0.29, 0.717) is 17.4 Å². The molecule has 0 aromatic heterocycles. The molecule has 1 aromatic carbocycles. The first-order valence-corrected chi connectivity index (χ1v) is 8.94. The van der Waals surface area contributed by atoms with Crippen molar-refractivity contribution in [3.63, 3.8) is 0 Å². The summed E-state index contributed by atoms with van der Waals surface area (Å²) in [5.74, 6) is 0.414. The highest BCUT2D eigenvalue weighted by Crippen LogP contribution is 2.19. The largest absolute Gasteiger partial charge is 0.316 e. The summed E-state index contributed by atoms with van der Waals surface area (Å²) in [5, 5.41) is 3.32. The molecule has 0 aliphatic carbocycles. The van der Waals surface area contributed by atoms with Gasteiger partial charge in [0.1, 0.15) is 0 Å². The lowest BCUT2D eigenvalue weighted by atomic mass is 10.00. The maximum atomic E-state index is 12.4. The average molecular weight is 394 g/mol. The SMILES string of the molecule is CN(CC1CCCNC1)S(=O)(=O)c1ccc(I)cc1. The summed E-state index contributed by atoms with van der Waals surface area (Å²) in [6.07, 6.45) is 2.22. The van der Waals surface area contributed by atoms with Crippen molar-refractivity contribution in [1.82, 2.24) is 9.62 Å². The van der Waals surface area contributed by atoms with E-state index >= 15 is 0 Å². The second kappa shape index (κ2) is 6.51. The molecule has 0 saturated carbocycles. The Morgan fingerprint density at radius 1 is 1.37 bits per heavy atom. The van der Waals surface area contributed by atoms with Gasteiger partial charge in [0.15, 0.2) is 0 Å². The Bertz CT molecular complexity index is 510. The first kappa shape index (κ1) is 15.2. The van der Waals surface area contributed by atoms with E-state index in [4.69, 9.17) is 0 Å². The molecular weight excluding hydrogens is 375 g/mol. The van der Waals surface area contributed by atoms with Gasteiger partial charge in [-0.1, -0.05) is 0 Å². The van der Waals surface area contributed by atoms with E-state index < -0.39 is 10.0 Å². The molecule has 0 spiro atoms. The quantitative estimate of drug-likeness (QED) is 0.794. The average Bonchev–Trinajstić information content (AvgIpc) is 2.40. The lowest BCUT2D eigenvalue weighted by Crippen LogP contribution is -2.39. The zero-order valence-electron chi connectivity index (χ0n) is 11.0. The number of nitrogens with zero attached hydrogens (tertiary/aromatic N) is 1. The third kappa shape index (κ3) is 3.90. The zero-order valence-corrected chi connectivity index (χ0v) is 13.9. The minimum absolute atomic E-state index is 0.374. The molecule has 19 heavy (non-hydrogen) atoms. The van der Waals surface area contributed by atoms with Crippen molar-refractivity contribution < 1.29 is 8.42 Å². The normalized spacial score (nSPS) is 20.7. The molecule has 1 aliphatic heterocycles. The number of hydrogen-bond donors (Lipinski definition) is 1. The van der Waals surface area contributed by atoms with Gasteiger partial charge in [0.25, 0.3) is 0 Å². The molecule has 1 unspecified atom stereocenters. The van der Waals surface area contributed by atoms with Crippen LogP contribution in [0.25, 0.3) is 0 Å². The Morgan fingerprint density at radius 2 is 2.05 bits per heavy atom. The lowest BCUT2D eigenvalue weighted by Gasteiger charge is -2.27. The van der Waals surface area contributed by atoms with Gasteiger partial charge in [-0.3, -0.25) is 0 Å². The zero-order chi connectivity index (χ0) is 13.9. The molecule has 2 rings (SSSR count). The van der Waals surface area contributed by atoms with Crippen LogP contribution < -0.4 is 5.32 Å².